The van der Waals surface area contributed by atoms with Gasteiger partial charge in [0.05, 0.1) is 42.8 Å². The van der Waals surface area contributed by atoms with Crippen LogP contribution in [-0.4, -0.2) is 48.9 Å². The number of hydrogen-bond donors (Lipinski definition) is 1. The van der Waals surface area contributed by atoms with E-state index in [0.29, 0.717) is 23.1 Å². The summed E-state index contributed by atoms with van der Waals surface area (Å²) in [6.45, 7) is 2.52. The van der Waals surface area contributed by atoms with Crippen molar-refractivity contribution in [2.75, 3.05) is 18.3 Å². The second-order valence-corrected chi connectivity index (χ2v) is 13.3. The summed E-state index contributed by atoms with van der Waals surface area (Å²) in [6, 6.07) is 10.6. The van der Waals surface area contributed by atoms with Crippen LogP contribution in [0.15, 0.2) is 59.1 Å². The Morgan fingerprint density at radius 2 is 1.84 bits per heavy atom. The van der Waals surface area contributed by atoms with Gasteiger partial charge < -0.3 is 19.8 Å². The zero-order chi connectivity index (χ0) is 31.3. The van der Waals surface area contributed by atoms with Crippen molar-refractivity contribution in [1.82, 2.24) is 15.2 Å². The molecular formula is C29H28F3N5O5S. The van der Waals surface area contributed by atoms with Crippen LogP contribution in [0, 0.1) is 5.82 Å². The zero-order valence-corrected chi connectivity index (χ0v) is 24.5. The number of nitrogens with two attached hydrogens (primary N) is 1. The summed E-state index contributed by atoms with van der Waals surface area (Å²) < 4.78 is 79.5. The molecule has 0 radical (unpaired) electrons. The molecule has 0 spiro atoms. The van der Waals surface area contributed by atoms with Gasteiger partial charge in [-0.15, -0.1) is 10.2 Å². The van der Waals surface area contributed by atoms with Gasteiger partial charge in [-0.2, -0.15) is 0 Å². The zero-order valence-electron chi connectivity index (χ0n) is 23.6. The fourth-order valence-electron chi connectivity index (χ4n) is 4.57. The van der Waals surface area contributed by atoms with Gasteiger partial charge in [-0.25, -0.2) is 21.6 Å². The molecule has 10 nitrogen and oxygen atoms in total. The molecule has 2 aromatic carbocycles. The lowest BCUT2D eigenvalue weighted by Gasteiger charge is -2.25. The molecule has 0 fully saturated rings. The molecule has 1 atom stereocenters. The summed E-state index contributed by atoms with van der Waals surface area (Å²) in [5.41, 5.74) is 6.51. The van der Waals surface area contributed by atoms with E-state index in [2.05, 4.69) is 15.2 Å². The molecule has 14 heteroatoms. The number of fused-ring (bicyclic) bond motifs is 1. The molecule has 2 aromatic heterocycles. The minimum Gasteiger partial charge on any atom is -0.495 e. The van der Waals surface area contributed by atoms with Gasteiger partial charge in [0, 0.05) is 23.8 Å². The molecule has 2 N–H and O–H groups in total. The molecule has 4 aromatic rings. The Hall–Kier alpha value is -4.30. The molecule has 5 rings (SSSR count). The number of anilines is 1. The van der Waals surface area contributed by atoms with Gasteiger partial charge in [0.15, 0.2) is 9.84 Å². The Kier molecular flexibility index (Phi) is 7.55. The number of pyridine rings is 1. The van der Waals surface area contributed by atoms with Crippen LogP contribution in [0.4, 0.5) is 18.9 Å². The monoisotopic (exact) mass is 615 g/mol. The number of halogens is 3. The number of nitrogens with zero attached hydrogens (tertiary/aromatic N) is 4. The van der Waals surface area contributed by atoms with E-state index in [1.54, 1.807) is 42.6 Å². The molecule has 1 amide bonds. The van der Waals surface area contributed by atoms with Crippen LogP contribution < -0.4 is 15.4 Å². The lowest BCUT2D eigenvalue weighted by atomic mass is 9.99. The van der Waals surface area contributed by atoms with Gasteiger partial charge in [-0.3, -0.25) is 9.78 Å². The number of alkyl halides is 2. The highest BCUT2D eigenvalue weighted by Gasteiger charge is 2.45. The van der Waals surface area contributed by atoms with Crippen LogP contribution in [0.3, 0.4) is 0 Å². The SMILES string of the molecule is COc1ccc(-c2ccc(CN3C(=O)[C@H](N)CC(F)(F)c4cc(F)c(-c5nnc(C(C)(C)S(C)(=O)=O)o5)cc43)cc2)nc1. The number of hydrogen-bond acceptors (Lipinski definition) is 9. The number of amides is 1. The molecule has 43 heavy (non-hydrogen) atoms. The molecule has 3 heterocycles. The second-order valence-electron chi connectivity index (χ2n) is 10.8. The van der Waals surface area contributed by atoms with Crippen molar-refractivity contribution in [3.05, 3.63) is 77.6 Å². The first-order valence-electron chi connectivity index (χ1n) is 13.0. The number of benzene rings is 2. The summed E-state index contributed by atoms with van der Waals surface area (Å²) in [6.07, 6.45) is 1.53. The first-order valence-corrected chi connectivity index (χ1v) is 14.9. The molecule has 1 aliphatic rings. The van der Waals surface area contributed by atoms with Crippen molar-refractivity contribution < 1.29 is 35.5 Å². The maximum atomic E-state index is 15.4. The summed E-state index contributed by atoms with van der Waals surface area (Å²) in [4.78, 5) is 18.8. The molecule has 0 unspecified atom stereocenters. The highest BCUT2D eigenvalue weighted by molar-refractivity contribution is 7.91. The van der Waals surface area contributed by atoms with Crippen LogP contribution in [0.25, 0.3) is 22.7 Å². The highest BCUT2D eigenvalue weighted by atomic mass is 32.2. The first-order chi connectivity index (χ1) is 20.1. The average Bonchev–Trinajstić information content (AvgIpc) is 3.44. The summed E-state index contributed by atoms with van der Waals surface area (Å²) in [5, 5.41) is 7.54. The lowest BCUT2D eigenvalue weighted by molar-refractivity contribution is -0.122. The standard InChI is InChI=1S/C29H28F3N5O5S/c1-28(2,43(4,39)40)27-36-35-25(42-27)19-11-24-20(12-21(19)30)29(31,32)13-22(33)26(38)37(24)15-16-5-7-17(8-6-16)23-10-9-18(41-3)14-34-23/h5-12,14,22H,13,15,33H2,1-4H3/t22-/m1/s1. The third-order valence-corrected chi connectivity index (χ3v) is 9.52. The van der Waals surface area contributed by atoms with E-state index < -0.39 is 56.1 Å². The number of ether oxygens (including phenoxy) is 1. The van der Waals surface area contributed by atoms with E-state index in [1.807, 2.05) is 0 Å². The largest absolute Gasteiger partial charge is 0.495 e. The average molecular weight is 616 g/mol. The Bertz CT molecular complexity index is 1790. The summed E-state index contributed by atoms with van der Waals surface area (Å²) in [7, 11) is -2.18. The van der Waals surface area contributed by atoms with Crippen molar-refractivity contribution >= 4 is 21.4 Å². The van der Waals surface area contributed by atoms with E-state index in [-0.39, 0.29) is 23.7 Å². The maximum Gasteiger partial charge on any atom is 0.277 e. The van der Waals surface area contributed by atoms with Crippen molar-refractivity contribution in [1.29, 1.82) is 0 Å². The van der Waals surface area contributed by atoms with Crippen molar-refractivity contribution in [2.24, 2.45) is 5.73 Å². The minimum atomic E-state index is -3.72. The Morgan fingerprint density at radius 1 is 1.14 bits per heavy atom. The topological polar surface area (TPSA) is 142 Å². The quantitative estimate of drug-likeness (QED) is 0.316. The smallest absolute Gasteiger partial charge is 0.277 e. The van der Waals surface area contributed by atoms with E-state index >= 15 is 13.2 Å². The number of rotatable bonds is 7. The van der Waals surface area contributed by atoms with Crippen LogP contribution in [0.5, 0.6) is 5.75 Å². The number of methoxy groups -OCH3 is 1. The first kappa shape index (κ1) is 30.2. The van der Waals surface area contributed by atoms with Crippen LogP contribution >= 0.6 is 0 Å². The van der Waals surface area contributed by atoms with Crippen molar-refractivity contribution in [2.45, 2.75) is 43.5 Å². The summed E-state index contributed by atoms with van der Waals surface area (Å²) in [5.74, 6) is -5.70. The molecule has 226 valence electrons. The Labute approximate surface area is 245 Å². The third-order valence-electron chi connectivity index (χ3n) is 7.49. The highest BCUT2D eigenvalue weighted by Crippen LogP contribution is 2.45. The van der Waals surface area contributed by atoms with Crippen molar-refractivity contribution in [3.8, 4) is 28.5 Å². The summed E-state index contributed by atoms with van der Waals surface area (Å²) >= 11 is 0. The number of sulfone groups is 1. The molecule has 0 aliphatic carbocycles. The van der Waals surface area contributed by atoms with Gasteiger partial charge in [-0.1, -0.05) is 24.3 Å². The Morgan fingerprint density at radius 3 is 2.44 bits per heavy atom. The number of carbonyl (C=O) groups is 1. The van der Waals surface area contributed by atoms with Crippen LogP contribution in [-0.2, 0) is 31.8 Å². The molecule has 0 bridgehead atoms. The van der Waals surface area contributed by atoms with E-state index in [4.69, 9.17) is 14.9 Å². The molecular weight excluding hydrogens is 587 g/mol. The number of aromatic nitrogens is 3. The van der Waals surface area contributed by atoms with Crippen LogP contribution in [0.1, 0.15) is 37.3 Å². The normalized spacial score (nSPS) is 17.0. The third kappa shape index (κ3) is 5.59. The number of carbonyl (C=O) groups excluding carboxylic acids is 1. The predicted molar refractivity (Wildman–Crippen MR) is 151 cm³/mol. The van der Waals surface area contributed by atoms with Gasteiger partial charge >= 0.3 is 0 Å². The predicted octanol–water partition coefficient (Wildman–Crippen LogP) is 4.58. The molecule has 1 aliphatic heterocycles. The van der Waals surface area contributed by atoms with Crippen molar-refractivity contribution in [3.63, 3.8) is 0 Å². The molecule has 0 saturated carbocycles. The maximum absolute atomic E-state index is 15.4. The second kappa shape index (κ2) is 10.8. The Balaban J connectivity index is 1.55. The lowest BCUT2D eigenvalue weighted by Crippen LogP contribution is -2.43. The fraction of sp³-hybridized carbons (Fsp3) is 0.310. The van der Waals surface area contributed by atoms with E-state index in [0.717, 1.165) is 22.8 Å². The minimum absolute atomic E-state index is 0.160. The van der Waals surface area contributed by atoms with Gasteiger partial charge in [0.25, 0.3) is 11.8 Å². The van der Waals surface area contributed by atoms with E-state index in [1.165, 1.54) is 21.0 Å². The molecule has 0 saturated heterocycles. The van der Waals surface area contributed by atoms with Gasteiger partial charge in [0.2, 0.25) is 11.8 Å². The van der Waals surface area contributed by atoms with Gasteiger partial charge in [-0.05, 0) is 43.7 Å². The van der Waals surface area contributed by atoms with Gasteiger partial charge in [0.1, 0.15) is 16.3 Å². The van der Waals surface area contributed by atoms with E-state index in [9.17, 15) is 13.2 Å². The fourth-order valence-corrected chi connectivity index (χ4v) is 4.97. The van der Waals surface area contributed by atoms with Crippen LogP contribution in [0.2, 0.25) is 0 Å².